The van der Waals surface area contributed by atoms with Crippen molar-refractivity contribution in [1.82, 2.24) is 9.62 Å². The van der Waals surface area contributed by atoms with Crippen LogP contribution in [0, 0.1) is 16.0 Å². The molecule has 144 valence electrons. The molecule has 2 N–H and O–H groups in total. The molecular formula is C15H21N3O7S. The first-order valence-electron chi connectivity index (χ1n) is 7.68. The Morgan fingerprint density at radius 3 is 2.46 bits per heavy atom. The number of carbonyl (C=O) groups excluding carboxylic acids is 1. The van der Waals surface area contributed by atoms with Crippen LogP contribution in [0.4, 0.5) is 5.69 Å². The topological polar surface area (TPSA) is 147 Å². The van der Waals surface area contributed by atoms with E-state index in [-0.39, 0.29) is 17.2 Å². The number of nitro benzene ring substituents is 1. The molecule has 1 unspecified atom stereocenters. The lowest BCUT2D eigenvalue weighted by atomic mass is 10.0. The Hall–Kier alpha value is -2.53. The fourth-order valence-electron chi connectivity index (χ4n) is 2.16. The van der Waals surface area contributed by atoms with Gasteiger partial charge in [0.05, 0.1) is 16.4 Å². The van der Waals surface area contributed by atoms with E-state index in [0.29, 0.717) is 4.31 Å². The van der Waals surface area contributed by atoms with Gasteiger partial charge in [-0.05, 0) is 18.4 Å². The van der Waals surface area contributed by atoms with Crippen LogP contribution < -0.4 is 5.32 Å². The number of carbonyl (C=O) groups is 2. The summed E-state index contributed by atoms with van der Waals surface area (Å²) in [5.74, 6) is -1.98. The Labute approximate surface area is 151 Å². The summed E-state index contributed by atoms with van der Waals surface area (Å²) in [4.78, 5) is 32.9. The molecule has 1 aromatic rings. The van der Waals surface area contributed by atoms with Gasteiger partial charge in [-0.15, -0.1) is 0 Å². The molecule has 0 aliphatic rings. The molecule has 0 radical (unpaired) electrons. The Balaban J connectivity index is 2.89. The minimum Gasteiger partial charge on any atom is -0.480 e. The van der Waals surface area contributed by atoms with Gasteiger partial charge >= 0.3 is 5.97 Å². The Morgan fingerprint density at radius 1 is 1.35 bits per heavy atom. The number of sulfonamides is 1. The lowest BCUT2D eigenvalue weighted by Gasteiger charge is -2.20. The van der Waals surface area contributed by atoms with Crippen LogP contribution in [-0.4, -0.2) is 54.3 Å². The number of nitro groups is 1. The number of hydrogen-bond acceptors (Lipinski definition) is 6. The first kappa shape index (κ1) is 21.5. The summed E-state index contributed by atoms with van der Waals surface area (Å²) in [7, 11) is -3.02. The van der Waals surface area contributed by atoms with Crippen LogP contribution >= 0.6 is 0 Å². The van der Waals surface area contributed by atoms with Gasteiger partial charge in [0.25, 0.3) is 5.69 Å². The summed E-state index contributed by atoms with van der Waals surface area (Å²) < 4.78 is 25.6. The molecule has 0 aliphatic carbocycles. The predicted octanol–water partition coefficient (Wildman–Crippen LogP) is 0.831. The highest BCUT2D eigenvalue weighted by Crippen LogP contribution is 2.20. The van der Waals surface area contributed by atoms with Crippen molar-refractivity contribution >= 4 is 27.6 Å². The number of aliphatic carboxylic acids is 1. The van der Waals surface area contributed by atoms with Gasteiger partial charge in [-0.2, -0.15) is 4.31 Å². The van der Waals surface area contributed by atoms with E-state index in [0.717, 1.165) is 19.2 Å². The van der Waals surface area contributed by atoms with E-state index in [1.807, 2.05) is 0 Å². The number of rotatable bonds is 9. The molecule has 1 rings (SSSR count). The average Bonchev–Trinajstić information content (AvgIpc) is 2.53. The minimum atomic E-state index is -4.15. The number of amides is 1. The third-order valence-corrected chi connectivity index (χ3v) is 5.24. The van der Waals surface area contributed by atoms with Crippen molar-refractivity contribution in [2.24, 2.45) is 5.92 Å². The number of nitrogens with one attached hydrogen (secondary N) is 1. The van der Waals surface area contributed by atoms with Crippen LogP contribution in [0.15, 0.2) is 29.2 Å². The van der Waals surface area contributed by atoms with Crippen molar-refractivity contribution in [2.75, 3.05) is 13.6 Å². The summed E-state index contributed by atoms with van der Waals surface area (Å²) in [6.07, 6.45) is 0.197. The van der Waals surface area contributed by atoms with E-state index >= 15 is 0 Å². The van der Waals surface area contributed by atoms with E-state index < -0.39 is 45.1 Å². The smallest absolute Gasteiger partial charge is 0.326 e. The van der Waals surface area contributed by atoms with Gasteiger partial charge in [-0.3, -0.25) is 14.9 Å². The van der Waals surface area contributed by atoms with E-state index in [1.54, 1.807) is 13.8 Å². The highest BCUT2D eigenvalue weighted by Gasteiger charge is 2.27. The number of hydrogen-bond donors (Lipinski definition) is 2. The molecule has 0 saturated heterocycles. The zero-order valence-corrected chi connectivity index (χ0v) is 15.4. The summed E-state index contributed by atoms with van der Waals surface area (Å²) in [5.41, 5.74) is -0.396. The molecule has 11 heteroatoms. The average molecular weight is 387 g/mol. The Bertz CT molecular complexity index is 792. The monoisotopic (exact) mass is 387 g/mol. The largest absolute Gasteiger partial charge is 0.480 e. The highest BCUT2D eigenvalue weighted by atomic mass is 32.2. The van der Waals surface area contributed by atoms with Crippen molar-refractivity contribution in [3.05, 3.63) is 34.4 Å². The Kier molecular flexibility index (Phi) is 7.21. The normalized spacial score (nSPS) is 12.8. The van der Waals surface area contributed by atoms with Crippen LogP contribution in [0.2, 0.25) is 0 Å². The molecule has 0 heterocycles. The SMILES string of the molecule is CC(C)CC(NC(=O)CN(C)S(=O)(=O)c1cccc([N+](=O)[O-])c1)C(=O)O. The van der Waals surface area contributed by atoms with Crippen LogP contribution in [0.3, 0.4) is 0 Å². The van der Waals surface area contributed by atoms with Gasteiger partial charge < -0.3 is 10.4 Å². The summed E-state index contributed by atoms with van der Waals surface area (Å²) >= 11 is 0. The second-order valence-corrected chi connectivity index (χ2v) is 8.15. The third-order valence-electron chi connectivity index (χ3n) is 3.44. The first-order valence-corrected chi connectivity index (χ1v) is 9.12. The molecular weight excluding hydrogens is 366 g/mol. The standard InChI is InChI=1S/C15H21N3O7S/c1-10(2)7-13(15(20)21)16-14(19)9-17(3)26(24,25)12-6-4-5-11(8-12)18(22)23/h4-6,8,10,13H,7,9H2,1-3H3,(H,16,19)(H,20,21). The molecule has 0 aliphatic heterocycles. The van der Waals surface area contributed by atoms with Gasteiger partial charge in [-0.1, -0.05) is 19.9 Å². The number of nitrogens with zero attached hydrogens (tertiary/aromatic N) is 2. The van der Waals surface area contributed by atoms with E-state index in [1.165, 1.54) is 12.1 Å². The third kappa shape index (κ3) is 5.77. The molecule has 0 fully saturated rings. The lowest BCUT2D eigenvalue weighted by Crippen LogP contribution is -2.46. The van der Waals surface area contributed by atoms with Crippen molar-refractivity contribution < 1.29 is 28.0 Å². The maximum absolute atomic E-state index is 12.4. The molecule has 0 bridgehead atoms. The highest BCUT2D eigenvalue weighted by molar-refractivity contribution is 7.89. The summed E-state index contributed by atoms with van der Waals surface area (Å²) in [6.45, 7) is 2.97. The summed E-state index contributed by atoms with van der Waals surface area (Å²) in [5, 5.41) is 22.2. The van der Waals surface area contributed by atoms with Gasteiger partial charge in [0.15, 0.2) is 0 Å². The zero-order chi connectivity index (χ0) is 20.1. The molecule has 0 aromatic heterocycles. The van der Waals surface area contributed by atoms with Gasteiger partial charge in [-0.25, -0.2) is 13.2 Å². The van der Waals surface area contributed by atoms with Gasteiger partial charge in [0.2, 0.25) is 15.9 Å². The quantitative estimate of drug-likeness (QED) is 0.471. The fourth-order valence-corrected chi connectivity index (χ4v) is 3.32. The minimum absolute atomic E-state index is 0.0164. The van der Waals surface area contributed by atoms with Crippen LogP contribution in [0.1, 0.15) is 20.3 Å². The molecule has 1 atom stereocenters. The first-order chi connectivity index (χ1) is 11.9. The van der Waals surface area contributed by atoms with Crippen LogP contribution in [0.25, 0.3) is 0 Å². The van der Waals surface area contributed by atoms with Gasteiger partial charge in [0, 0.05) is 19.2 Å². The van der Waals surface area contributed by atoms with Gasteiger partial charge in [0.1, 0.15) is 6.04 Å². The number of benzene rings is 1. The second kappa shape index (κ2) is 8.72. The van der Waals surface area contributed by atoms with E-state index in [4.69, 9.17) is 5.11 Å². The number of likely N-dealkylation sites (N-methyl/N-ethyl adjacent to an activating group) is 1. The van der Waals surface area contributed by atoms with Crippen molar-refractivity contribution in [2.45, 2.75) is 31.2 Å². The molecule has 1 aromatic carbocycles. The molecule has 0 saturated carbocycles. The van der Waals surface area contributed by atoms with Crippen molar-refractivity contribution in [1.29, 1.82) is 0 Å². The van der Waals surface area contributed by atoms with E-state index in [2.05, 4.69) is 5.32 Å². The maximum atomic E-state index is 12.4. The maximum Gasteiger partial charge on any atom is 0.326 e. The number of carboxylic acids is 1. The molecule has 0 spiro atoms. The van der Waals surface area contributed by atoms with E-state index in [9.17, 15) is 28.1 Å². The van der Waals surface area contributed by atoms with Crippen molar-refractivity contribution in [3.63, 3.8) is 0 Å². The predicted molar refractivity (Wildman–Crippen MR) is 91.9 cm³/mol. The van der Waals surface area contributed by atoms with Crippen LogP contribution in [-0.2, 0) is 19.6 Å². The van der Waals surface area contributed by atoms with Crippen molar-refractivity contribution in [3.8, 4) is 0 Å². The fraction of sp³-hybridized carbons (Fsp3) is 0.467. The summed E-state index contributed by atoms with van der Waals surface area (Å²) in [6, 6.07) is 3.31. The Morgan fingerprint density at radius 2 is 1.96 bits per heavy atom. The second-order valence-electron chi connectivity index (χ2n) is 6.10. The molecule has 1 amide bonds. The lowest BCUT2D eigenvalue weighted by molar-refractivity contribution is -0.385. The molecule has 26 heavy (non-hydrogen) atoms. The van der Waals surface area contributed by atoms with Crippen LogP contribution in [0.5, 0.6) is 0 Å². The zero-order valence-electron chi connectivity index (χ0n) is 14.6. The molecule has 10 nitrogen and oxygen atoms in total. The number of carboxylic acid groups (broad SMARTS) is 1. The number of non-ortho nitro benzene ring substituents is 1.